The maximum atomic E-state index is 10.1. The Morgan fingerprint density at radius 3 is 2.67 bits per heavy atom. The molecule has 0 N–H and O–H groups in total. The topological polar surface area (TPSA) is 17.1 Å². The first-order chi connectivity index (χ1) is 5.74. The van der Waals surface area contributed by atoms with Gasteiger partial charge in [-0.2, -0.15) is 0 Å². The van der Waals surface area contributed by atoms with Crippen LogP contribution in [0.3, 0.4) is 0 Å². The van der Waals surface area contributed by atoms with Gasteiger partial charge < -0.3 is 0 Å². The summed E-state index contributed by atoms with van der Waals surface area (Å²) < 4.78 is 0. The third kappa shape index (κ3) is 2.06. The largest absolute Gasteiger partial charge is 0.299 e. The molecule has 0 radical (unpaired) electrons. The van der Waals surface area contributed by atoms with E-state index in [1.165, 1.54) is 17.2 Å². The Kier molecular flexibility index (Phi) is 2.81. The van der Waals surface area contributed by atoms with Crippen molar-refractivity contribution >= 4 is 12.4 Å². The van der Waals surface area contributed by atoms with Crippen LogP contribution in [-0.2, 0) is 4.79 Å². The molecule has 0 amide bonds. The second kappa shape index (κ2) is 3.86. The van der Waals surface area contributed by atoms with Crippen molar-refractivity contribution in [1.82, 2.24) is 0 Å². The van der Waals surface area contributed by atoms with Crippen LogP contribution in [0, 0.1) is 13.8 Å². The van der Waals surface area contributed by atoms with E-state index in [0.29, 0.717) is 0 Å². The molecule has 62 valence electrons. The van der Waals surface area contributed by atoms with Crippen molar-refractivity contribution in [3.8, 4) is 0 Å². The molecule has 12 heavy (non-hydrogen) atoms. The molecule has 1 heteroatoms. The van der Waals surface area contributed by atoms with Crippen molar-refractivity contribution in [3.05, 3.63) is 41.0 Å². The Balaban J connectivity index is 3.04. The normalized spacial score (nSPS) is 10.5. The average molecular weight is 160 g/mol. The Bertz CT molecular complexity index is 311. The summed E-state index contributed by atoms with van der Waals surface area (Å²) in [6.07, 6.45) is 4.14. The van der Waals surface area contributed by atoms with Crippen molar-refractivity contribution in [2.75, 3.05) is 0 Å². The number of aldehydes is 1. The predicted octanol–water partition coefficient (Wildman–Crippen LogP) is 2.52. The molecule has 1 rings (SSSR count). The van der Waals surface area contributed by atoms with Crippen LogP contribution in [0.25, 0.3) is 6.08 Å². The first kappa shape index (κ1) is 8.72. The molecule has 0 saturated carbocycles. The lowest BCUT2D eigenvalue weighted by Crippen LogP contribution is -1.81. The molecule has 0 saturated heterocycles. The summed E-state index contributed by atoms with van der Waals surface area (Å²) in [6.45, 7) is 4.07. The molecule has 1 nitrogen and oxygen atoms in total. The van der Waals surface area contributed by atoms with Crippen LogP contribution in [0.1, 0.15) is 16.7 Å². The van der Waals surface area contributed by atoms with Gasteiger partial charge in [0.15, 0.2) is 0 Å². The Labute approximate surface area is 72.7 Å². The van der Waals surface area contributed by atoms with E-state index in [0.717, 1.165) is 11.8 Å². The summed E-state index contributed by atoms with van der Waals surface area (Å²) in [5.74, 6) is 0. The number of hydrogen-bond acceptors (Lipinski definition) is 1. The van der Waals surface area contributed by atoms with Gasteiger partial charge in [0.25, 0.3) is 0 Å². The summed E-state index contributed by atoms with van der Waals surface area (Å²) in [5.41, 5.74) is 3.52. The summed E-state index contributed by atoms with van der Waals surface area (Å²) in [6, 6.07) is 6.18. The van der Waals surface area contributed by atoms with Crippen LogP contribution in [-0.4, -0.2) is 6.29 Å². The highest BCUT2D eigenvalue weighted by Gasteiger charge is 1.92. The second-order valence-electron chi connectivity index (χ2n) is 2.86. The minimum Gasteiger partial charge on any atom is -0.299 e. The van der Waals surface area contributed by atoms with Crippen LogP contribution in [0.5, 0.6) is 0 Å². The van der Waals surface area contributed by atoms with Gasteiger partial charge in [-0.3, -0.25) is 4.79 Å². The lowest BCUT2D eigenvalue weighted by Gasteiger charge is -2.00. The third-order valence-electron chi connectivity index (χ3n) is 1.79. The molecule has 0 fully saturated rings. The molecule has 0 aliphatic rings. The molecule has 0 aromatic heterocycles. The second-order valence-corrected chi connectivity index (χ2v) is 2.86. The highest BCUT2D eigenvalue weighted by atomic mass is 16.1. The molecule has 1 aromatic rings. The van der Waals surface area contributed by atoms with E-state index in [1.54, 1.807) is 0 Å². The molecule has 0 unspecified atom stereocenters. The van der Waals surface area contributed by atoms with Crippen molar-refractivity contribution in [2.45, 2.75) is 13.8 Å². The van der Waals surface area contributed by atoms with E-state index < -0.39 is 0 Å². The summed E-state index contributed by atoms with van der Waals surface area (Å²) in [4.78, 5) is 10.1. The highest BCUT2D eigenvalue weighted by Crippen LogP contribution is 2.11. The third-order valence-corrected chi connectivity index (χ3v) is 1.79. The fourth-order valence-electron chi connectivity index (χ4n) is 1.08. The molecule has 1 aromatic carbocycles. The van der Waals surface area contributed by atoms with Crippen molar-refractivity contribution in [1.29, 1.82) is 0 Å². The molecular formula is C11H12O. The van der Waals surface area contributed by atoms with E-state index in [9.17, 15) is 4.79 Å². The summed E-state index contributed by atoms with van der Waals surface area (Å²) in [7, 11) is 0. The Morgan fingerprint density at radius 1 is 1.25 bits per heavy atom. The van der Waals surface area contributed by atoms with E-state index in [4.69, 9.17) is 0 Å². The fourth-order valence-corrected chi connectivity index (χ4v) is 1.08. The standard InChI is InChI=1S/C11H12O/c1-9-5-6-10(2)11(8-9)4-3-7-12/h3-8H,1-2H3/b4-3+. The van der Waals surface area contributed by atoms with E-state index in [-0.39, 0.29) is 0 Å². The van der Waals surface area contributed by atoms with Gasteiger partial charge in [0, 0.05) is 0 Å². The quantitative estimate of drug-likeness (QED) is 0.480. The molecular weight excluding hydrogens is 148 g/mol. The monoisotopic (exact) mass is 160 g/mol. The molecule has 0 spiro atoms. The first-order valence-electron chi connectivity index (χ1n) is 3.93. The average Bonchev–Trinajstić information content (AvgIpc) is 2.07. The van der Waals surface area contributed by atoms with E-state index >= 15 is 0 Å². The number of benzene rings is 1. The first-order valence-corrected chi connectivity index (χ1v) is 3.93. The lowest BCUT2D eigenvalue weighted by atomic mass is 10.1. The van der Waals surface area contributed by atoms with E-state index in [1.807, 2.05) is 19.9 Å². The number of carbonyl (C=O) groups excluding carboxylic acids is 1. The number of allylic oxidation sites excluding steroid dienone is 1. The zero-order valence-electron chi connectivity index (χ0n) is 7.37. The van der Waals surface area contributed by atoms with Gasteiger partial charge >= 0.3 is 0 Å². The number of hydrogen-bond donors (Lipinski definition) is 0. The smallest absolute Gasteiger partial charge is 0.142 e. The van der Waals surface area contributed by atoms with Gasteiger partial charge in [0.1, 0.15) is 6.29 Å². The van der Waals surface area contributed by atoms with Gasteiger partial charge in [-0.05, 0) is 31.1 Å². The minimum absolute atomic E-state index is 0.793. The zero-order chi connectivity index (χ0) is 8.97. The zero-order valence-corrected chi connectivity index (χ0v) is 7.37. The Hall–Kier alpha value is -1.37. The van der Waals surface area contributed by atoms with E-state index in [2.05, 4.69) is 18.2 Å². The van der Waals surface area contributed by atoms with Gasteiger partial charge in [-0.25, -0.2) is 0 Å². The van der Waals surface area contributed by atoms with Crippen molar-refractivity contribution in [3.63, 3.8) is 0 Å². The molecule has 0 heterocycles. The van der Waals surface area contributed by atoms with Crippen LogP contribution in [0.4, 0.5) is 0 Å². The summed E-state index contributed by atoms with van der Waals surface area (Å²) >= 11 is 0. The number of aryl methyl sites for hydroxylation is 2. The number of carbonyl (C=O) groups is 1. The van der Waals surface area contributed by atoms with Crippen LogP contribution in [0.2, 0.25) is 0 Å². The molecule has 0 aliphatic carbocycles. The van der Waals surface area contributed by atoms with Crippen molar-refractivity contribution < 1.29 is 4.79 Å². The molecule has 0 atom stereocenters. The summed E-state index contributed by atoms with van der Waals surface area (Å²) in [5, 5.41) is 0. The van der Waals surface area contributed by atoms with Gasteiger partial charge in [-0.15, -0.1) is 0 Å². The van der Waals surface area contributed by atoms with Gasteiger partial charge in [-0.1, -0.05) is 29.8 Å². The molecule has 0 aliphatic heterocycles. The van der Waals surface area contributed by atoms with Crippen molar-refractivity contribution in [2.24, 2.45) is 0 Å². The maximum absolute atomic E-state index is 10.1. The molecule has 0 bridgehead atoms. The highest BCUT2D eigenvalue weighted by molar-refractivity contribution is 5.74. The van der Waals surface area contributed by atoms with Crippen LogP contribution in [0.15, 0.2) is 24.3 Å². The van der Waals surface area contributed by atoms with Crippen LogP contribution < -0.4 is 0 Å². The number of rotatable bonds is 2. The van der Waals surface area contributed by atoms with Crippen LogP contribution >= 0.6 is 0 Å². The fraction of sp³-hybridized carbons (Fsp3) is 0.182. The predicted molar refractivity (Wildman–Crippen MR) is 51.0 cm³/mol. The SMILES string of the molecule is Cc1ccc(C)c(/C=C/C=O)c1. The Morgan fingerprint density at radius 2 is 2.00 bits per heavy atom. The van der Waals surface area contributed by atoms with Gasteiger partial charge in [0.05, 0.1) is 0 Å². The maximum Gasteiger partial charge on any atom is 0.142 e. The van der Waals surface area contributed by atoms with Gasteiger partial charge in [0.2, 0.25) is 0 Å². The minimum atomic E-state index is 0.793. The lowest BCUT2D eigenvalue weighted by molar-refractivity contribution is -0.104.